The summed E-state index contributed by atoms with van der Waals surface area (Å²) in [5, 5.41) is 2.88. The zero-order chi connectivity index (χ0) is 23.6. The van der Waals surface area contributed by atoms with Gasteiger partial charge in [0.05, 0.1) is 11.4 Å². The SMILES string of the molecule is Cn1cc(-c2ccc(NC(=O)c3cc(N)cn3C)cc2)cc1C(=O)CCC(C)(C)S(C)=S. The molecule has 0 radical (unpaired) electrons. The lowest BCUT2D eigenvalue weighted by Gasteiger charge is -2.23. The van der Waals surface area contributed by atoms with E-state index in [4.69, 9.17) is 16.9 Å². The molecule has 3 rings (SSSR count). The molecule has 0 aliphatic rings. The molecule has 0 spiro atoms. The lowest BCUT2D eigenvalue weighted by atomic mass is 10.0. The number of hydrogen-bond acceptors (Lipinski definition) is 4. The molecule has 1 aromatic carbocycles. The number of nitrogens with one attached hydrogen (secondary N) is 1. The number of nitrogens with zero attached hydrogens (tertiary/aromatic N) is 2. The van der Waals surface area contributed by atoms with E-state index < -0.39 is 0 Å². The summed E-state index contributed by atoms with van der Waals surface area (Å²) in [6.07, 6.45) is 6.95. The molecular weight excluding hydrogens is 440 g/mol. The quantitative estimate of drug-likeness (QED) is 0.481. The number of nitrogen functional groups attached to an aromatic ring is 1. The monoisotopic (exact) mass is 470 g/mol. The topological polar surface area (TPSA) is 82.0 Å². The van der Waals surface area contributed by atoms with E-state index in [9.17, 15) is 9.59 Å². The van der Waals surface area contributed by atoms with Crippen LogP contribution in [0.2, 0.25) is 0 Å². The molecule has 0 bridgehead atoms. The van der Waals surface area contributed by atoms with Gasteiger partial charge in [-0.05, 0) is 42.5 Å². The van der Waals surface area contributed by atoms with Crippen LogP contribution in [0.1, 0.15) is 47.7 Å². The minimum Gasteiger partial charge on any atom is -0.397 e. The number of Topliss-reactive ketones (excluding diaryl/α,β-unsaturated/α-hetero) is 1. The minimum absolute atomic E-state index is 0.0234. The average molecular weight is 471 g/mol. The number of aromatic nitrogens is 2. The molecule has 0 fully saturated rings. The highest BCUT2D eigenvalue weighted by Gasteiger charge is 2.22. The van der Waals surface area contributed by atoms with Crippen molar-refractivity contribution >= 4 is 43.7 Å². The Morgan fingerprint density at radius 1 is 1.03 bits per heavy atom. The molecule has 1 amide bonds. The average Bonchev–Trinajstić information content (AvgIpc) is 3.28. The Hall–Kier alpha value is -2.71. The molecule has 0 aliphatic heterocycles. The van der Waals surface area contributed by atoms with Gasteiger partial charge in [0.2, 0.25) is 0 Å². The Morgan fingerprint density at radius 3 is 2.22 bits per heavy atom. The van der Waals surface area contributed by atoms with Gasteiger partial charge in [-0.1, -0.05) is 37.2 Å². The van der Waals surface area contributed by atoms with Crippen LogP contribution in [0, 0.1) is 0 Å². The van der Waals surface area contributed by atoms with Gasteiger partial charge in [-0.3, -0.25) is 9.59 Å². The van der Waals surface area contributed by atoms with E-state index in [2.05, 4.69) is 19.2 Å². The number of hydrogen-bond donors (Lipinski definition) is 2. The second kappa shape index (κ2) is 9.42. The summed E-state index contributed by atoms with van der Waals surface area (Å²) in [6, 6.07) is 11.1. The molecule has 8 heteroatoms. The summed E-state index contributed by atoms with van der Waals surface area (Å²) in [4.78, 5) is 25.3. The number of ketones is 1. The maximum atomic E-state index is 12.8. The normalized spacial score (nSPS) is 12.5. The van der Waals surface area contributed by atoms with Crippen molar-refractivity contribution in [2.45, 2.75) is 31.4 Å². The first kappa shape index (κ1) is 23.9. The number of benzene rings is 1. The van der Waals surface area contributed by atoms with Crippen LogP contribution in [-0.4, -0.2) is 31.8 Å². The Bertz CT molecular complexity index is 1170. The molecule has 6 nitrogen and oxygen atoms in total. The Morgan fingerprint density at radius 2 is 1.66 bits per heavy atom. The first-order chi connectivity index (χ1) is 15.0. The molecule has 2 aromatic heterocycles. The van der Waals surface area contributed by atoms with Gasteiger partial charge in [0, 0.05) is 48.9 Å². The fraction of sp³-hybridized carbons (Fsp3) is 0.333. The van der Waals surface area contributed by atoms with Crippen LogP contribution in [-0.2, 0) is 34.7 Å². The summed E-state index contributed by atoms with van der Waals surface area (Å²) in [7, 11) is 3.51. The van der Waals surface area contributed by atoms with Gasteiger partial charge >= 0.3 is 0 Å². The number of carbonyl (C=O) groups excluding carboxylic acids is 2. The van der Waals surface area contributed by atoms with Crippen molar-refractivity contribution in [1.29, 1.82) is 0 Å². The van der Waals surface area contributed by atoms with Crippen LogP contribution in [0.15, 0.2) is 48.8 Å². The molecule has 3 aromatic rings. The van der Waals surface area contributed by atoms with E-state index in [0.29, 0.717) is 29.2 Å². The molecule has 0 aliphatic carbocycles. The molecule has 170 valence electrons. The second-order valence-corrected chi connectivity index (χ2v) is 12.2. The predicted molar refractivity (Wildman–Crippen MR) is 137 cm³/mol. The number of aryl methyl sites for hydroxylation is 2. The highest BCUT2D eigenvalue weighted by Crippen LogP contribution is 2.26. The maximum absolute atomic E-state index is 12.8. The van der Waals surface area contributed by atoms with Crippen LogP contribution < -0.4 is 11.1 Å². The minimum atomic E-state index is -0.221. The maximum Gasteiger partial charge on any atom is 0.272 e. The van der Waals surface area contributed by atoms with Crippen molar-refractivity contribution in [3.63, 3.8) is 0 Å². The lowest BCUT2D eigenvalue weighted by molar-refractivity contribution is 0.0968. The van der Waals surface area contributed by atoms with Crippen LogP contribution in [0.5, 0.6) is 0 Å². The molecule has 3 N–H and O–H groups in total. The van der Waals surface area contributed by atoms with Crippen molar-refractivity contribution in [1.82, 2.24) is 9.13 Å². The fourth-order valence-corrected chi connectivity index (χ4v) is 4.08. The van der Waals surface area contributed by atoms with Crippen molar-refractivity contribution in [2.24, 2.45) is 14.1 Å². The molecular formula is C24H30N4O2S2. The highest BCUT2D eigenvalue weighted by molar-refractivity contribution is 8.29. The summed E-state index contributed by atoms with van der Waals surface area (Å²) < 4.78 is 3.54. The third-order valence-electron chi connectivity index (χ3n) is 5.76. The standard InChI is InChI=1S/C24H30N4O2S2/c1-24(2,32(5)31)11-10-22(29)20-12-17(14-27(20)3)16-6-8-19(9-7-16)26-23(30)21-13-18(25)15-28(21)4/h6-9,12-15H,10-11,25H2,1-5H3,(H,26,30). The largest absolute Gasteiger partial charge is 0.397 e. The van der Waals surface area contributed by atoms with Gasteiger partial charge in [0.1, 0.15) is 5.69 Å². The predicted octanol–water partition coefficient (Wildman–Crippen LogP) is 4.32. The zero-order valence-electron chi connectivity index (χ0n) is 19.1. The van der Waals surface area contributed by atoms with Crippen LogP contribution in [0.4, 0.5) is 11.4 Å². The molecule has 2 heterocycles. The van der Waals surface area contributed by atoms with Crippen molar-refractivity contribution < 1.29 is 9.59 Å². The molecule has 1 unspecified atom stereocenters. The van der Waals surface area contributed by atoms with E-state index in [1.165, 1.54) is 0 Å². The van der Waals surface area contributed by atoms with Crippen LogP contribution in [0.25, 0.3) is 11.1 Å². The number of carbonyl (C=O) groups is 2. The third kappa shape index (κ3) is 5.37. The van der Waals surface area contributed by atoms with Crippen molar-refractivity contribution in [3.8, 4) is 11.1 Å². The molecule has 1 atom stereocenters. The Balaban J connectivity index is 1.70. The van der Waals surface area contributed by atoms with E-state index in [1.807, 2.05) is 54.4 Å². The fourth-order valence-electron chi connectivity index (χ4n) is 3.44. The summed E-state index contributed by atoms with van der Waals surface area (Å²) in [5.41, 5.74) is 10.1. The van der Waals surface area contributed by atoms with Crippen LogP contribution in [0.3, 0.4) is 0 Å². The first-order valence-electron chi connectivity index (χ1n) is 10.3. The zero-order valence-corrected chi connectivity index (χ0v) is 20.8. The summed E-state index contributed by atoms with van der Waals surface area (Å²) in [6.45, 7) is 4.25. The van der Waals surface area contributed by atoms with Crippen molar-refractivity contribution in [2.75, 3.05) is 17.3 Å². The van der Waals surface area contributed by atoms with Gasteiger partial charge < -0.3 is 20.2 Å². The number of anilines is 2. The van der Waals surface area contributed by atoms with Gasteiger partial charge in [-0.25, -0.2) is 0 Å². The van der Waals surface area contributed by atoms with Gasteiger partial charge in [-0.2, -0.15) is 0 Å². The molecule has 0 saturated heterocycles. The van der Waals surface area contributed by atoms with Gasteiger partial charge in [0.25, 0.3) is 5.91 Å². The number of rotatable bonds is 8. The Kier molecular flexibility index (Phi) is 7.05. The van der Waals surface area contributed by atoms with Gasteiger partial charge in [0.15, 0.2) is 5.78 Å². The smallest absolute Gasteiger partial charge is 0.272 e. The van der Waals surface area contributed by atoms with E-state index >= 15 is 0 Å². The second-order valence-electron chi connectivity index (χ2n) is 8.66. The van der Waals surface area contributed by atoms with Gasteiger partial charge in [-0.15, -0.1) is 9.45 Å². The first-order valence-corrected chi connectivity index (χ1v) is 12.9. The highest BCUT2D eigenvalue weighted by atomic mass is 32.8. The summed E-state index contributed by atoms with van der Waals surface area (Å²) >= 11 is 5.43. The van der Waals surface area contributed by atoms with Crippen LogP contribution >= 0.6 is 0 Å². The van der Waals surface area contributed by atoms with E-state index in [0.717, 1.165) is 17.5 Å². The lowest BCUT2D eigenvalue weighted by Crippen LogP contribution is -2.26. The van der Waals surface area contributed by atoms with E-state index in [-0.39, 0.29) is 25.9 Å². The Labute approximate surface area is 196 Å². The third-order valence-corrected chi connectivity index (χ3v) is 8.87. The van der Waals surface area contributed by atoms with Crippen molar-refractivity contribution in [3.05, 3.63) is 60.2 Å². The molecule has 0 saturated carbocycles. The molecule has 32 heavy (non-hydrogen) atoms. The number of nitrogens with two attached hydrogens (primary N) is 1. The number of amides is 1. The van der Waals surface area contributed by atoms with E-state index in [1.54, 1.807) is 23.9 Å². The summed E-state index contributed by atoms with van der Waals surface area (Å²) in [5.74, 6) is -0.0977.